The molecule has 0 bridgehead atoms. The summed E-state index contributed by atoms with van der Waals surface area (Å²) in [6.45, 7) is 2.53. The molecular weight excluding hydrogens is 280 g/mol. The van der Waals surface area contributed by atoms with Crippen molar-refractivity contribution >= 4 is 11.8 Å². The topological polar surface area (TPSA) is 86.1 Å². The SMILES string of the molecule is CC1(CN2C(=O)c3ccccc3C2=O)CCC(N=[N+]=[N-])CC1. The Morgan fingerprint density at radius 1 is 1.23 bits per heavy atom. The lowest BCUT2D eigenvalue weighted by atomic mass is 9.74. The third-order valence-electron chi connectivity index (χ3n) is 4.80. The second kappa shape index (κ2) is 5.46. The van der Waals surface area contributed by atoms with Gasteiger partial charge in [-0.25, -0.2) is 0 Å². The molecule has 1 saturated carbocycles. The van der Waals surface area contributed by atoms with Crippen LogP contribution in [0.2, 0.25) is 0 Å². The van der Waals surface area contributed by atoms with E-state index in [0.717, 1.165) is 25.7 Å². The molecule has 1 heterocycles. The average molecular weight is 298 g/mol. The van der Waals surface area contributed by atoms with E-state index in [1.54, 1.807) is 24.3 Å². The minimum Gasteiger partial charge on any atom is -0.274 e. The Kier molecular flexibility index (Phi) is 3.62. The van der Waals surface area contributed by atoms with Crippen LogP contribution in [-0.2, 0) is 0 Å². The fourth-order valence-corrected chi connectivity index (χ4v) is 3.41. The van der Waals surface area contributed by atoms with Crippen molar-refractivity contribution in [2.75, 3.05) is 6.54 Å². The van der Waals surface area contributed by atoms with Gasteiger partial charge in [0.1, 0.15) is 0 Å². The second-order valence-corrected chi connectivity index (χ2v) is 6.49. The molecule has 0 unspecified atom stereocenters. The molecule has 1 aliphatic carbocycles. The molecule has 0 saturated heterocycles. The highest BCUT2D eigenvalue weighted by Gasteiger charge is 2.41. The fourth-order valence-electron chi connectivity index (χ4n) is 3.41. The molecule has 0 N–H and O–H groups in total. The van der Waals surface area contributed by atoms with Crippen molar-refractivity contribution in [3.63, 3.8) is 0 Å². The van der Waals surface area contributed by atoms with Crippen LogP contribution in [0.5, 0.6) is 0 Å². The number of hydrogen-bond donors (Lipinski definition) is 0. The van der Waals surface area contributed by atoms with Gasteiger partial charge in [-0.2, -0.15) is 0 Å². The minimum absolute atomic E-state index is 0.0419. The van der Waals surface area contributed by atoms with Crippen LogP contribution < -0.4 is 0 Å². The highest BCUT2D eigenvalue weighted by molar-refractivity contribution is 6.21. The smallest absolute Gasteiger partial charge is 0.261 e. The molecule has 2 amide bonds. The van der Waals surface area contributed by atoms with Crippen molar-refractivity contribution in [3.8, 4) is 0 Å². The summed E-state index contributed by atoms with van der Waals surface area (Å²) in [5.74, 6) is -0.391. The lowest BCUT2D eigenvalue weighted by Crippen LogP contribution is -2.41. The molecule has 1 fully saturated rings. The maximum atomic E-state index is 12.4. The predicted octanol–water partition coefficient (Wildman–Crippen LogP) is 3.54. The maximum Gasteiger partial charge on any atom is 0.261 e. The molecule has 1 aromatic carbocycles. The highest BCUT2D eigenvalue weighted by atomic mass is 16.2. The molecule has 3 rings (SSSR count). The number of carbonyl (C=O) groups excluding carboxylic acids is 2. The van der Waals surface area contributed by atoms with E-state index in [9.17, 15) is 9.59 Å². The van der Waals surface area contributed by atoms with Crippen LogP contribution in [0.15, 0.2) is 29.4 Å². The molecule has 1 aliphatic heterocycles. The molecular formula is C16H18N4O2. The van der Waals surface area contributed by atoms with Gasteiger partial charge < -0.3 is 0 Å². The quantitative estimate of drug-likeness (QED) is 0.370. The van der Waals surface area contributed by atoms with E-state index in [4.69, 9.17) is 5.53 Å². The third kappa shape index (κ3) is 2.46. The maximum absolute atomic E-state index is 12.4. The Morgan fingerprint density at radius 3 is 2.27 bits per heavy atom. The normalized spacial score (nSPS) is 27.5. The zero-order chi connectivity index (χ0) is 15.7. The van der Waals surface area contributed by atoms with Crippen molar-refractivity contribution in [2.24, 2.45) is 10.5 Å². The van der Waals surface area contributed by atoms with Gasteiger partial charge >= 0.3 is 0 Å². The number of nitrogens with zero attached hydrogens (tertiary/aromatic N) is 4. The van der Waals surface area contributed by atoms with Crippen LogP contribution in [0.3, 0.4) is 0 Å². The van der Waals surface area contributed by atoms with Crippen LogP contribution in [0.4, 0.5) is 0 Å². The summed E-state index contributed by atoms with van der Waals surface area (Å²) in [5, 5.41) is 3.78. The van der Waals surface area contributed by atoms with E-state index < -0.39 is 0 Å². The van der Waals surface area contributed by atoms with Gasteiger partial charge in [-0.05, 0) is 48.8 Å². The van der Waals surface area contributed by atoms with Crippen LogP contribution in [-0.4, -0.2) is 29.3 Å². The number of rotatable bonds is 3. The van der Waals surface area contributed by atoms with Crippen LogP contribution in [0.25, 0.3) is 10.4 Å². The van der Waals surface area contributed by atoms with Crippen molar-refractivity contribution < 1.29 is 9.59 Å². The first-order valence-electron chi connectivity index (χ1n) is 7.53. The number of fused-ring (bicyclic) bond motifs is 1. The van der Waals surface area contributed by atoms with Crippen molar-refractivity contribution in [3.05, 3.63) is 45.8 Å². The monoisotopic (exact) mass is 298 g/mol. The fraction of sp³-hybridized carbons (Fsp3) is 0.500. The number of hydrogen-bond acceptors (Lipinski definition) is 3. The van der Waals surface area contributed by atoms with E-state index in [-0.39, 0.29) is 23.3 Å². The number of benzene rings is 1. The number of azide groups is 1. The van der Waals surface area contributed by atoms with Gasteiger partial charge in [-0.1, -0.05) is 24.2 Å². The lowest BCUT2D eigenvalue weighted by molar-refractivity contribution is 0.0533. The van der Waals surface area contributed by atoms with Gasteiger partial charge in [0.25, 0.3) is 11.8 Å². The largest absolute Gasteiger partial charge is 0.274 e. The van der Waals surface area contributed by atoms with Gasteiger partial charge in [-0.15, -0.1) is 0 Å². The number of amides is 2. The summed E-state index contributed by atoms with van der Waals surface area (Å²) in [5.41, 5.74) is 9.40. The molecule has 1 aromatic rings. The Labute approximate surface area is 128 Å². The van der Waals surface area contributed by atoms with Gasteiger partial charge in [0.05, 0.1) is 11.1 Å². The predicted molar refractivity (Wildman–Crippen MR) is 81.3 cm³/mol. The molecule has 2 aliphatic rings. The molecule has 0 atom stereocenters. The van der Waals surface area contributed by atoms with E-state index >= 15 is 0 Å². The average Bonchev–Trinajstić information content (AvgIpc) is 2.76. The summed E-state index contributed by atoms with van der Waals surface area (Å²) >= 11 is 0. The van der Waals surface area contributed by atoms with Gasteiger partial charge in [0.15, 0.2) is 0 Å². The molecule has 0 spiro atoms. The van der Waals surface area contributed by atoms with Crippen molar-refractivity contribution in [1.29, 1.82) is 0 Å². The zero-order valence-electron chi connectivity index (χ0n) is 12.5. The van der Waals surface area contributed by atoms with Crippen LogP contribution in [0.1, 0.15) is 53.3 Å². The zero-order valence-corrected chi connectivity index (χ0v) is 12.5. The van der Waals surface area contributed by atoms with Crippen LogP contribution in [0, 0.1) is 5.41 Å². The summed E-state index contributed by atoms with van der Waals surface area (Å²) in [4.78, 5) is 29.1. The molecule has 22 heavy (non-hydrogen) atoms. The second-order valence-electron chi connectivity index (χ2n) is 6.49. The Bertz CT molecular complexity index is 635. The number of carbonyl (C=O) groups is 2. The third-order valence-corrected chi connectivity index (χ3v) is 4.80. The van der Waals surface area contributed by atoms with E-state index in [2.05, 4.69) is 16.9 Å². The molecule has 0 aromatic heterocycles. The minimum atomic E-state index is -0.195. The molecule has 6 heteroatoms. The first-order chi connectivity index (χ1) is 10.5. The molecule has 0 radical (unpaired) electrons. The van der Waals surface area contributed by atoms with Crippen molar-refractivity contribution in [1.82, 2.24) is 4.90 Å². The molecule has 114 valence electrons. The van der Waals surface area contributed by atoms with Gasteiger partial charge in [0.2, 0.25) is 0 Å². The Balaban J connectivity index is 1.73. The van der Waals surface area contributed by atoms with Crippen LogP contribution >= 0.6 is 0 Å². The van der Waals surface area contributed by atoms with E-state index in [0.29, 0.717) is 17.7 Å². The summed E-state index contributed by atoms with van der Waals surface area (Å²) in [6.07, 6.45) is 3.32. The highest BCUT2D eigenvalue weighted by Crippen LogP contribution is 2.39. The van der Waals surface area contributed by atoms with Gasteiger partial charge in [-0.3, -0.25) is 14.5 Å². The van der Waals surface area contributed by atoms with E-state index in [1.807, 2.05) is 0 Å². The Morgan fingerprint density at radius 2 is 1.77 bits per heavy atom. The van der Waals surface area contributed by atoms with Crippen molar-refractivity contribution in [2.45, 2.75) is 38.6 Å². The summed E-state index contributed by atoms with van der Waals surface area (Å²) < 4.78 is 0. The summed E-state index contributed by atoms with van der Waals surface area (Å²) in [6, 6.07) is 7.01. The molecule has 6 nitrogen and oxygen atoms in total. The first-order valence-corrected chi connectivity index (χ1v) is 7.53. The van der Waals surface area contributed by atoms with Gasteiger partial charge in [0, 0.05) is 17.5 Å². The Hall–Kier alpha value is -2.33. The number of imide groups is 1. The lowest BCUT2D eigenvalue weighted by Gasteiger charge is -2.38. The van der Waals surface area contributed by atoms with E-state index in [1.165, 1.54) is 4.90 Å². The first kappa shape index (κ1) is 14.6. The summed E-state index contributed by atoms with van der Waals surface area (Å²) in [7, 11) is 0. The standard InChI is InChI=1S/C16H18N4O2/c1-16(8-6-11(7-9-16)18-19-17)10-20-14(21)12-4-2-3-5-13(12)15(20)22/h2-5,11H,6-10H2,1H3.